The Morgan fingerprint density at radius 1 is 1.29 bits per heavy atom. The highest BCUT2D eigenvalue weighted by molar-refractivity contribution is 5.85. The molecular formula is C12H27ClN2O2. The fourth-order valence-corrected chi connectivity index (χ4v) is 1.57. The van der Waals surface area contributed by atoms with Gasteiger partial charge in [-0.3, -0.25) is 4.79 Å². The molecule has 104 valence electrons. The maximum Gasteiger partial charge on any atom is 0.220 e. The van der Waals surface area contributed by atoms with Crippen molar-refractivity contribution in [1.82, 2.24) is 10.6 Å². The van der Waals surface area contributed by atoms with Gasteiger partial charge in [0.2, 0.25) is 5.91 Å². The Morgan fingerprint density at radius 3 is 2.59 bits per heavy atom. The predicted molar refractivity (Wildman–Crippen MR) is 73.7 cm³/mol. The smallest absolute Gasteiger partial charge is 0.220 e. The van der Waals surface area contributed by atoms with E-state index in [1.165, 1.54) is 0 Å². The van der Waals surface area contributed by atoms with Gasteiger partial charge >= 0.3 is 0 Å². The Kier molecular flexibility index (Phi) is 15.4. The summed E-state index contributed by atoms with van der Waals surface area (Å²) in [5.74, 6) is 0.654. The Bertz CT molecular complexity index is 180. The van der Waals surface area contributed by atoms with E-state index in [2.05, 4.69) is 24.5 Å². The van der Waals surface area contributed by atoms with Gasteiger partial charge in [0.25, 0.3) is 0 Å². The molecule has 1 amide bonds. The van der Waals surface area contributed by atoms with Gasteiger partial charge in [-0.15, -0.1) is 12.4 Å². The standard InChI is InChI=1S/C12H26N2O2.ClH/c1-4-5-11(2)10-12(15)14-7-6-13-8-9-16-3;/h11,13H,4-10H2,1-3H3,(H,14,15);1H. The minimum Gasteiger partial charge on any atom is -0.383 e. The van der Waals surface area contributed by atoms with E-state index in [1.807, 2.05) is 0 Å². The number of rotatable bonds is 10. The van der Waals surface area contributed by atoms with E-state index in [-0.39, 0.29) is 18.3 Å². The SMILES string of the molecule is CCCC(C)CC(=O)NCCNCCOC.Cl. The number of hydrogen-bond donors (Lipinski definition) is 2. The molecule has 0 saturated heterocycles. The molecule has 0 aromatic carbocycles. The van der Waals surface area contributed by atoms with Gasteiger partial charge in [0, 0.05) is 33.2 Å². The van der Waals surface area contributed by atoms with Crippen LogP contribution in [-0.4, -0.2) is 39.3 Å². The Hall–Kier alpha value is -0.320. The number of hydrogen-bond acceptors (Lipinski definition) is 3. The third-order valence-corrected chi connectivity index (χ3v) is 2.42. The van der Waals surface area contributed by atoms with Crippen LogP contribution in [0.3, 0.4) is 0 Å². The summed E-state index contributed by atoms with van der Waals surface area (Å²) in [4.78, 5) is 11.5. The van der Waals surface area contributed by atoms with Crippen LogP contribution in [0.25, 0.3) is 0 Å². The van der Waals surface area contributed by atoms with Crippen LogP contribution in [0.1, 0.15) is 33.1 Å². The van der Waals surface area contributed by atoms with Crippen LogP contribution in [0.2, 0.25) is 0 Å². The number of nitrogens with one attached hydrogen (secondary N) is 2. The fraction of sp³-hybridized carbons (Fsp3) is 0.917. The van der Waals surface area contributed by atoms with Crippen molar-refractivity contribution in [2.24, 2.45) is 5.92 Å². The Labute approximate surface area is 111 Å². The molecule has 0 radical (unpaired) electrons. The summed E-state index contributed by atoms with van der Waals surface area (Å²) in [5.41, 5.74) is 0. The normalized spacial score (nSPS) is 11.7. The summed E-state index contributed by atoms with van der Waals surface area (Å²) in [6.45, 7) is 7.31. The Morgan fingerprint density at radius 2 is 2.00 bits per heavy atom. The first-order chi connectivity index (χ1) is 7.70. The second-order valence-corrected chi connectivity index (χ2v) is 4.19. The number of amides is 1. The van der Waals surface area contributed by atoms with Crippen molar-refractivity contribution in [2.75, 3.05) is 33.4 Å². The minimum absolute atomic E-state index is 0. The van der Waals surface area contributed by atoms with E-state index in [4.69, 9.17) is 4.74 Å². The molecule has 2 N–H and O–H groups in total. The van der Waals surface area contributed by atoms with Crippen molar-refractivity contribution in [3.63, 3.8) is 0 Å². The number of carbonyl (C=O) groups excluding carboxylic acids is 1. The third-order valence-electron chi connectivity index (χ3n) is 2.42. The van der Waals surface area contributed by atoms with Crippen LogP contribution in [0, 0.1) is 5.92 Å². The maximum absolute atomic E-state index is 11.5. The van der Waals surface area contributed by atoms with Gasteiger partial charge in [-0.25, -0.2) is 0 Å². The zero-order valence-electron chi connectivity index (χ0n) is 11.3. The van der Waals surface area contributed by atoms with Crippen LogP contribution >= 0.6 is 12.4 Å². The van der Waals surface area contributed by atoms with Crippen LogP contribution in [0.5, 0.6) is 0 Å². The lowest BCUT2D eigenvalue weighted by Crippen LogP contribution is -2.33. The van der Waals surface area contributed by atoms with Crippen LogP contribution < -0.4 is 10.6 Å². The Balaban J connectivity index is 0. The van der Waals surface area contributed by atoms with Gasteiger partial charge in [0.15, 0.2) is 0 Å². The second-order valence-electron chi connectivity index (χ2n) is 4.19. The summed E-state index contributed by atoms with van der Waals surface area (Å²) < 4.78 is 4.90. The average Bonchev–Trinajstić information content (AvgIpc) is 2.23. The predicted octanol–water partition coefficient (Wildman–Crippen LogP) is 1.59. The molecule has 0 bridgehead atoms. The van der Waals surface area contributed by atoms with Gasteiger partial charge in [0.1, 0.15) is 0 Å². The molecule has 1 atom stereocenters. The molecular weight excluding hydrogens is 240 g/mol. The molecule has 0 aliphatic rings. The number of ether oxygens (including phenoxy) is 1. The maximum atomic E-state index is 11.5. The first-order valence-electron chi connectivity index (χ1n) is 6.17. The summed E-state index contributed by atoms with van der Waals surface area (Å²) in [7, 11) is 1.68. The summed E-state index contributed by atoms with van der Waals surface area (Å²) in [6.07, 6.45) is 2.92. The van der Waals surface area contributed by atoms with E-state index >= 15 is 0 Å². The lowest BCUT2D eigenvalue weighted by Gasteiger charge is -2.10. The van der Waals surface area contributed by atoms with E-state index in [0.717, 1.165) is 25.9 Å². The molecule has 0 aliphatic carbocycles. The summed E-state index contributed by atoms with van der Waals surface area (Å²) >= 11 is 0. The van der Waals surface area contributed by atoms with E-state index in [9.17, 15) is 4.79 Å². The van der Waals surface area contributed by atoms with E-state index < -0.39 is 0 Å². The molecule has 0 saturated carbocycles. The molecule has 0 aromatic rings. The number of carbonyl (C=O) groups is 1. The fourth-order valence-electron chi connectivity index (χ4n) is 1.57. The average molecular weight is 267 g/mol. The van der Waals surface area contributed by atoms with Crippen molar-refractivity contribution in [1.29, 1.82) is 0 Å². The monoisotopic (exact) mass is 266 g/mol. The highest BCUT2D eigenvalue weighted by atomic mass is 35.5. The number of methoxy groups -OCH3 is 1. The quantitative estimate of drug-likeness (QED) is 0.591. The highest BCUT2D eigenvalue weighted by Gasteiger charge is 2.06. The number of halogens is 1. The molecule has 4 nitrogen and oxygen atoms in total. The van der Waals surface area contributed by atoms with E-state index in [0.29, 0.717) is 25.5 Å². The minimum atomic E-state index is 0. The zero-order chi connectivity index (χ0) is 12.2. The van der Waals surface area contributed by atoms with Crippen molar-refractivity contribution < 1.29 is 9.53 Å². The van der Waals surface area contributed by atoms with Gasteiger partial charge in [-0.05, 0) is 5.92 Å². The molecule has 0 aromatic heterocycles. The zero-order valence-corrected chi connectivity index (χ0v) is 12.1. The van der Waals surface area contributed by atoms with E-state index in [1.54, 1.807) is 7.11 Å². The second kappa shape index (κ2) is 13.7. The first kappa shape index (κ1) is 19.0. The van der Waals surface area contributed by atoms with Gasteiger partial charge in [-0.2, -0.15) is 0 Å². The van der Waals surface area contributed by atoms with Crippen molar-refractivity contribution >= 4 is 18.3 Å². The van der Waals surface area contributed by atoms with Crippen LogP contribution in [-0.2, 0) is 9.53 Å². The molecule has 0 fully saturated rings. The molecule has 5 heteroatoms. The van der Waals surface area contributed by atoms with Gasteiger partial charge < -0.3 is 15.4 Å². The largest absolute Gasteiger partial charge is 0.383 e. The summed E-state index contributed by atoms with van der Waals surface area (Å²) in [6, 6.07) is 0. The topological polar surface area (TPSA) is 50.4 Å². The summed E-state index contributed by atoms with van der Waals surface area (Å²) in [5, 5.41) is 6.09. The van der Waals surface area contributed by atoms with Gasteiger partial charge in [-0.1, -0.05) is 26.7 Å². The van der Waals surface area contributed by atoms with Gasteiger partial charge in [0.05, 0.1) is 6.61 Å². The van der Waals surface area contributed by atoms with Crippen LogP contribution in [0.4, 0.5) is 0 Å². The molecule has 0 heterocycles. The van der Waals surface area contributed by atoms with Crippen molar-refractivity contribution in [3.05, 3.63) is 0 Å². The molecule has 0 aliphatic heterocycles. The third kappa shape index (κ3) is 13.6. The van der Waals surface area contributed by atoms with Crippen molar-refractivity contribution in [3.8, 4) is 0 Å². The lowest BCUT2D eigenvalue weighted by atomic mass is 10.0. The van der Waals surface area contributed by atoms with Crippen molar-refractivity contribution in [2.45, 2.75) is 33.1 Å². The first-order valence-corrected chi connectivity index (χ1v) is 6.17. The molecule has 0 spiro atoms. The lowest BCUT2D eigenvalue weighted by molar-refractivity contribution is -0.121. The molecule has 1 unspecified atom stereocenters. The highest BCUT2D eigenvalue weighted by Crippen LogP contribution is 2.08. The van der Waals surface area contributed by atoms with Crippen LogP contribution in [0.15, 0.2) is 0 Å². The molecule has 0 rings (SSSR count). The molecule has 17 heavy (non-hydrogen) atoms.